The molecule has 2 N–H and O–H groups in total. The fourth-order valence-electron chi connectivity index (χ4n) is 3.20. The van der Waals surface area contributed by atoms with Crippen LogP contribution >= 0.6 is 0 Å². The average Bonchev–Trinajstić information content (AvgIpc) is 2.96. The molecular formula is C17H14N2O2. The van der Waals surface area contributed by atoms with E-state index in [1.54, 1.807) is 6.92 Å². The Kier molecular flexibility index (Phi) is 2.28. The van der Waals surface area contributed by atoms with Gasteiger partial charge in [-0.3, -0.25) is 10.1 Å². The molecule has 4 rings (SSSR count). The molecule has 0 spiro atoms. The van der Waals surface area contributed by atoms with Gasteiger partial charge in [-0.1, -0.05) is 42.5 Å². The van der Waals surface area contributed by atoms with E-state index in [1.807, 2.05) is 30.3 Å². The lowest BCUT2D eigenvalue weighted by Gasteiger charge is -2.21. The van der Waals surface area contributed by atoms with Crippen LogP contribution in [0.1, 0.15) is 23.6 Å². The summed E-state index contributed by atoms with van der Waals surface area (Å²) in [6.07, 6.45) is 0.866. The van der Waals surface area contributed by atoms with Crippen molar-refractivity contribution in [3.63, 3.8) is 0 Å². The minimum absolute atomic E-state index is 0.303. The number of imide groups is 1. The van der Waals surface area contributed by atoms with E-state index < -0.39 is 11.6 Å². The number of rotatable bonds is 1. The topological polar surface area (TPSA) is 58.2 Å². The van der Waals surface area contributed by atoms with Gasteiger partial charge in [0.05, 0.1) is 0 Å². The highest BCUT2D eigenvalue weighted by atomic mass is 16.2. The van der Waals surface area contributed by atoms with E-state index in [-0.39, 0.29) is 5.91 Å². The molecule has 21 heavy (non-hydrogen) atoms. The summed E-state index contributed by atoms with van der Waals surface area (Å²) in [6.45, 7) is 1.73. The molecule has 1 heterocycles. The lowest BCUT2D eigenvalue weighted by atomic mass is 9.89. The average molecular weight is 278 g/mol. The van der Waals surface area contributed by atoms with Crippen molar-refractivity contribution in [3.05, 3.63) is 59.2 Å². The van der Waals surface area contributed by atoms with E-state index in [0.717, 1.165) is 12.0 Å². The third-order valence-electron chi connectivity index (χ3n) is 4.42. The van der Waals surface area contributed by atoms with Gasteiger partial charge in [-0.15, -0.1) is 0 Å². The Labute approximate surface area is 122 Å². The molecular weight excluding hydrogens is 264 g/mol. The number of nitrogens with one attached hydrogen (secondary N) is 2. The number of carbonyl (C=O) groups excluding carboxylic acids is 2. The van der Waals surface area contributed by atoms with Crippen LogP contribution in [0.3, 0.4) is 0 Å². The van der Waals surface area contributed by atoms with Crippen LogP contribution in [0.2, 0.25) is 0 Å². The summed E-state index contributed by atoms with van der Waals surface area (Å²) in [5.74, 6) is -0.303. The molecule has 2 aliphatic rings. The molecule has 3 amide bonds. The first-order chi connectivity index (χ1) is 10.1. The molecule has 4 heteroatoms. The molecule has 2 aromatic carbocycles. The van der Waals surface area contributed by atoms with Gasteiger partial charge >= 0.3 is 6.03 Å². The van der Waals surface area contributed by atoms with Gasteiger partial charge in [0.2, 0.25) is 0 Å². The molecule has 0 radical (unpaired) electrons. The zero-order chi connectivity index (χ0) is 14.6. The van der Waals surface area contributed by atoms with Crippen molar-refractivity contribution >= 4 is 11.9 Å². The number of fused-ring (bicyclic) bond motifs is 3. The van der Waals surface area contributed by atoms with Crippen LogP contribution in [0.4, 0.5) is 4.79 Å². The van der Waals surface area contributed by atoms with Gasteiger partial charge in [-0.25, -0.2) is 4.79 Å². The lowest BCUT2D eigenvalue weighted by molar-refractivity contribution is -0.123. The van der Waals surface area contributed by atoms with Gasteiger partial charge < -0.3 is 5.32 Å². The second-order valence-electron chi connectivity index (χ2n) is 5.74. The second kappa shape index (κ2) is 3.95. The normalized spacial score (nSPS) is 22.5. The van der Waals surface area contributed by atoms with Crippen molar-refractivity contribution < 1.29 is 9.59 Å². The smallest absolute Gasteiger partial charge is 0.320 e. The van der Waals surface area contributed by atoms with Gasteiger partial charge in [-0.2, -0.15) is 0 Å². The number of amides is 3. The Morgan fingerprint density at radius 3 is 2.52 bits per heavy atom. The second-order valence-corrected chi connectivity index (χ2v) is 5.74. The maximum absolute atomic E-state index is 12.0. The molecule has 1 aliphatic carbocycles. The third-order valence-corrected chi connectivity index (χ3v) is 4.42. The van der Waals surface area contributed by atoms with E-state index in [0.29, 0.717) is 0 Å². The predicted molar refractivity (Wildman–Crippen MR) is 78.7 cm³/mol. The van der Waals surface area contributed by atoms with Gasteiger partial charge in [0.25, 0.3) is 5.91 Å². The van der Waals surface area contributed by atoms with E-state index in [4.69, 9.17) is 0 Å². The van der Waals surface area contributed by atoms with E-state index in [9.17, 15) is 9.59 Å². The van der Waals surface area contributed by atoms with Gasteiger partial charge in [0, 0.05) is 0 Å². The Morgan fingerprint density at radius 2 is 1.76 bits per heavy atom. The first kappa shape index (κ1) is 12.1. The SMILES string of the molecule is C[C@@]1(c2ccc3c(c2)Cc2ccccc2-3)NC(=O)NC1=O. The maximum Gasteiger partial charge on any atom is 0.322 e. The Balaban J connectivity index is 1.81. The van der Waals surface area contributed by atoms with Crippen LogP contribution in [-0.4, -0.2) is 11.9 Å². The Morgan fingerprint density at radius 1 is 1.00 bits per heavy atom. The fraction of sp³-hybridized carbons (Fsp3) is 0.176. The first-order valence-corrected chi connectivity index (χ1v) is 6.93. The van der Waals surface area contributed by atoms with Crippen molar-refractivity contribution in [1.29, 1.82) is 0 Å². The summed E-state index contributed by atoms with van der Waals surface area (Å²) in [5, 5.41) is 5.01. The van der Waals surface area contributed by atoms with Gasteiger partial charge in [0.1, 0.15) is 5.54 Å². The van der Waals surface area contributed by atoms with Crippen molar-refractivity contribution in [1.82, 2.24) is 10.6 Å². The fourth-order valence-corrected chi connectivity index (χ4v) is 3.20. The minimum Gasteiger partial charge on any atom is -0.320 e. The number of hydrogen-bond donors (Lipinski definition) is 2. The highest BCUT2D eigenvalue weighted by Crippen LogP contribution is 2.38. The molecule has 1 fully saturated rings. The van der Waals surface area contributed by atoms with E-state index >= 15 is 0 Å². The quantitative estimate of drug-likeness (QED) is 0.671. The standard InChI is InChI=1S/C17H14N2O2/c1-17(15(20)18-16(21)19-17)12-6-7-14-11(9-12)8-10-4-2-3-5-13(10)14/h2-7,9H,8H2,1H3,(H2,18,19,20,21)/t17-/m0/s1. The third kappa shape index (κ3) is 1.62. The summed E-state index contributed by atoms with van der Waals surface area (Å²) in [4.78, 5) is 23.4. The van der Waals surface area contributed by atoms with Crippen LogP contribution in [0.5, 0.6) is 0 Å². The lowest BCUT2D eigenvalue weighted by Crippen LogP contribution is -2.40. The summed E-state index contributed by atoms with van der Waals surface area (Å²) < 4.78 is 0. The predicted octanol–water partition coefficient (Wildman–Crippen LogP) is 2.31. The Hall–Kier alpha value is -2.62. The molecule has 0 bridgehead atoms. The summed E-state index contributed by atoms with van der Waals surface area (Å²) >= 11 is 0. The molecule has 104 valence electrons. The molecule has 4 nitrogen and oxygen atoms in total. The van der Waals surface area contributed by atoms with Crippen LogP contribution in [0.25, 0.3) is 11.1 Å². The van der Waals surface area contributed by atoms with Crippen LogP contribution in [0, 0.1) is 0 Å². The zero-order valence-electron chi connectivity index (χ0n) is 11.6. The monoisotopic (exact) mass is 278 g/mol. The van der Waals surface area contributed by atoms with Crippen molar-refractivity contribution in [3.8, 4) is 11.1 Å². The van der Waals surface area contributed by atoms with Crippen LogP contribution in [-0.2, 0) is 16.8 Å². The van der Waals surface area contributed by atoms with E-state index in [1.165, 1.54) is 22.3 Å². The van der Waals surface area contributed by atoms with Crippen LogP contribution in [0.15, 0.2) is 42.5 Å². The highest BCUT2D eigenvalue weighted by molar-refractivity contribution is 6.07. The number of hydrogen-bond acceptors (Lipinski definition) is 2. The minimum atomic E-state index is -0.985. The number of urea groups is 1. The van der Waals surface area contributed by atoms with Crippen LogP contribution < -0.4 is 10.6 Å². The van der Waals surface area contributed by atoms with Gasteiger partial charge in [-0.05, 0) is 41.2 Å². The summed E-state index contributed by atoms with van der Waals surface area (Å²) in [5.41, 5.74) is 4.80. The molecule has 0 saturated carbocycles. The molecule has 1 atom stereocenters. The first-order valence-electron chi connectivity index (χ1n) is 6.93. The molecule has 2 aromatic rings. The molecule has 1 saturated heterocycles. The van der Waals surface area contributed by atoms with Crippen molar-refractivity contribution in [2.75, 3.05) is 0 Å². The molecule has 0 aromatic heterocycles. The van der Waals surface area contributed by atoms with Crippen molar-refractivity contribution in [2.45, 2.75) is 18.9 Å². The Bertz CT molecular complexity index is 797. The number of carbonyl (C=O) groups is 2. The zero-order valence-corrected chi connectivity index (χ0v) is 11.6. The summed E-state index contributed by atoms with van der Waals surface area (Å²) in [7, 11) is 0. The van der Waals surface area contributed by atoms with Crippen molar-refractivity contribution in [2.24, 2.45) is 0 Å². The summed E-state index contributed by atoms with van der Waals surface area (Å²) in [6, 6.07) is 13.9. The molecule has 1 aliphatic heterocycles. The maximum atomic E-state index is 12.0. The highest BCUT2D eigenvalue weighted by Gasteiger charge is 2.43. The number of benzene rings is 2. The van der Waals surface area contributed by atoms with E-state index in [2.05, 4.69) is 22.8 Å². The van der Waals surface area contributed by atoms with Gasteiger partial charge in [0.15, 0.2) is 0 Å². The largest absolute Gasteiger partial charge is 0.322 e. The molecule has 0 unspecified atom stereocenters.